The quantitative estimate of drug-likeness (QED) is 0.844. The molecule has 0 aliphatic heterocycles. The highest BCUT2D eigenvalue weighted by atomic mass is 79.9. The highest BCUT2D eigenvalue weighted by molar-refractivity contribution is 9.10. The third kappa shape index (κ3) is 2.48. The van der Waals surface area contributed by atoms with Crippen molar-refractivity contribution < 1.29 is 9.50 Å². The average Bonchev–Trinajstić information content (AvgIpc) is 2.32. The van der Waals surface area contributed by atoms with Gasteiger partial charge in [0.2, 0.25) is 0 Å². The Labute approximate surface area is 117 Å². The van der Waals surface area contributed by atoms with Gasteiger partial charge < -0.3 is 5.11 Å². The minimum Gasteiger partial charge on any atom is -0.385 e. The fourth-order valence-electron chi connectivity index (χ4n) is 3.23. The number of hydrogen-bond acceptors (Lipinski definition) is 1. The summed E-state index contributed by atoms with van der Waals surface area (Å²) in [6, 6.07) is 4.84. The van der Waals surface area contributed by atoms with Crippen molar-refractivity contribution in [1.29, 1.82) is 0 Å². The fourth-order valence-corrected chi connectivity index (χ4v) is 3.59. The van der Waals surface area contributed by atoms with Crippen LogP contribution in [0.25, 0.3) is 0 Å². The van der Waals surface area contributed by atoms with Crippen LogP contribution in [0, 0.1) is 17.7 Å². The van der Waals surface area contributed by atoms with Gasteiger partial charge in [-0.25, -0.2) is 4.39 Å². The molecular weight excluding hydrogens is 295 g/mol. The summed E-state index contributed by atoms with van der Waals surface area (Å²) in [5, 5.41) is 11.0. The molecule has 0 radical (unpaired) electrons. The van der Waals surface area contributed by atoms with Gasteiger partial charge in [-0.2, -0.15) is 0 Å². The summed E-state index contributed by atoms with van der Waals surface area (Å²) in [7, 11) is 0. The Morgan fingerprint density at radius 2 is 2.11 bits per heavy atom. The summed E-state index contributed by atoms with van der Waals surface area (Å²) in [6.07, 6.45) is 3.72. The molecule has 2 unspecified atom stereocenters. The van der Waals surface area contributed by atoms with Crippen molar-refractivity contribution in [3.8, 4) is 0 Å². The van der Waals surface area contributed by atoms with Crippen molar-refractivity contribution in [3.05, 3.63) is 34.1 Å². The maximum atomic E-state index is 14.1. The molecule has 1 N–H and O–H groups in total. The lowest BCUT2D eigenvalue weighted by atomic mass is 9.67. The van der Waals surface area contributed by atoms with Crippen molar-refractivity contribution in [2.75, 3.05) is 0 Å². The third-order valence-electron chi connectivity index (χ3n) is 4.14. The second-order valence-electron chi connectivity index (χ2n) is 5.64. The molecule has 1 aliphatic rings. The van der Waals surface area contributed by atoms with Crippen LogP contribution >= 0.6 is 15.9 Å². The molecule has 3 heteroatoms. The van der Waals surface area contributed by atoms with E-state index in [0.717, 1.165) is 23.7 Å². The van der Waals surface area contributed by atoms with Crippen molar-refractivity contribution in [2.45, 2.75) is 45.1 Å². The molecule has 1 saturated carbocycles. The van der Waals surface area contributed by atoms with E-state index in [1.807, 2.05) is 0 Å². The molecule has 2 atom stereocenters. The molecule has 0 spiro atoms. The van der Waals surface area contributed by atoms with Gasteiger partial charge in [0.15, 0.2) is 0 Å². The van der Waals surface area contributed by atoms with Crippen molar-refractivity contribution in [3.63, 3.8) is 0 Å². The van der Waals surface area contributed by atoms with Gasteiger partial charge in [0.25, 0.3) is 0 Å². The first-order valence-corrected chi connectivity index (χ1v) is 7.42. The van der Waals surface area contributed by atoms with Gasteiger partial charge >= 0.3 is 0 Å². The first-order valence-electron chi connectivity index (χ1n) is 6.63. The summed E-state index contributed by atoms with van der Waals surface area (Å²) in [5.41, 5.74) is -0.560. The monoisotopic (exact) mass is 314 g/mol. The molecule has 0 heterocycles. The zero-order chi connectivity index (χ0) is 13.3. The minimum absolute atomic E-state index is 0.134. The van der Waals surface area contributed by atoms with Crippen LogP contribution in [0.1, 0.15) is 45.1 Å². The molecule has 1 aliphatic carbocycles. The zero-order valence-corrected chi connectivity index (χ0v) is 12.5. The maximum Gasteiger partial charge on any atom is 0.129 e. The predicted molar refractivity (Wildman–Crippen MR) is 74.8 cm³/mol. The second-order valence-corrected chi connectivity index (χ2v) is 6.56. The molecule has 100 valence electrons. The summed E-state index contributed by atoms with van der Waals surface area (Å²) in [4.78, 5) is 0. The first kappa shape index (κ1) is 14.0. The molecule has 2 rings (SSSR count). The van der Waals surface area contributed by atoms with Gasteiger partial charge in [-0.15, -0.1) is 0 Å². The standard InChI is InChI=1S/C15H20BrFO/c1-10(2)12-5-3-4-8-15(12,18)13-9-11(16)6-7-14(13)17/h6-7,9-10,12,18H,3-5,8H2,1-2H3. The topological polar surface area (TPSA) is 20.2 Å². The molecule has 0 saturated heterocycles. The largest absolute Gasteiger partial charge is 0.385 e. The van der Waals surface area contributed by atoms with Gasteiger partial charge in [-0.1, -0.05) is 42.6 Å². The molecule has 1 aromatic carbocycles. The van der Waals surface area contributed by atoms with E-state index < -0.39 is 5.60 Å². The predicted octanol–water partition coefficient (Wildman–Crippen LogP) is 4.62. The number of hydrogen-bond donors (Lipinski definition) is 1. The first-order chi connectivity index (χ1) is 8.45. The molecule has 1 fully saturated rings. The van der Waals surface area contributed by atoms with Crippen LogP contribution in [-0.2, 0) is 5.60 Å². The van der Waals surface area contributed by atoms with Crippen LogP contribution in [0.15, 0.2) is 22.7 Å². The lowest BCUT2D eigenvalue weighted by molar-refractivity contribution is -0.0745. The van der Waals surface area contributed by atoms with Gasteiger partial charge in [0.1, 0.15) is 5.82 Å². The van der Waals surface area contributed by atoms with Crippen molar-refractivity contribution in [2.24, 2.45) is 11.8 Å². The molecule has 0 bridgehead atoms. The molecular formula is C15H20BrFO. The van der Waals surface area contributed by atoms with Crippen LogP contribution in [0.2, 0.25) is 0 Å². The van der Waals surface area contributed by atoms with E-state index in [1.54, 1.807) is 12.1 Å². The number of benzene rings is 1. The molecule has 0 amide bonds. The van der Waals surface area contributed by atoms with E-state index in [0.29, 0.717) is 17.9 Å². The smallest absolute Gasteiger partial charge is 0.129 e. The normalized spacial score (nSPS) is 28.7. The van der Waals surface area contributed by atoms with E-state index in [2.05, 4.69) is 29.8 Å². The van der Waals surface area contributed by atoms with Crippen LogP contribution in [-0.4, -0.2) is 5.11 Å². The SMILES string of the molecule is CC(C)C1CCCCC1(O)c1cc(Br)ccc1F. The molecule has 0 aromatic heterocycles. The average molecular weight is 315 g/mol. The lowest BCUT2D eigenvalue weighted by Gasteiger charge is -2.43. The second kappa shape index (κ2) is 5.30. The number of halogens is 2. The highest BCUT2D eigenvalue weighted by Gasteiger charge is 2.43. The van der Waals surface area contributed by atoms with Crippen LogP contribution in [0.5, 0.6) is 0 Å². The van der Waals surface area contributed by atoms with Crippen LogP contribution in [0.3, 0.4) is 0 Å². The Morgan fingerprint density at radius 1 is 1.39 bits per heavy atom. The molecule has 1 nitrogen and oxygen atoms in total. The van der Waals surface area contributed by atoms with Gasteiger partial charge in [-0.3, -0.25) is 0 Å². The summed E-state index contributed by atoms with van der Waals surface area (Å²) in [6.45, 7) is 4.22. The molecule has 18 heavy (non-hydrogen) atoms. The Hall–Kier alpha value is -0.410. The molecule has 1 aromatic rings. The number of aliphatic hydroxyl groups is 1. The lowest BCUT2D eigenvalue weighted by Crippen LogP contribution is -2.41. The Kier molecular flexibility index (Phi) is 4.12. The van der Waals surface area contributed by atoms with E-state index in [9.17, 15) is 9.50 Å². The summed E-state index contributed by atoms with van der Waals surface area (Å²) >= 11 is 3.37. The van der Waals surface area contributed by atoms with Crippen molar-refractivity contribution in [1.82, 2.24) is 0 Å². The van der Waals surface area contributed by atoms with E-state index in [4.69, 9.17) is 0 Å². The van der Waals surface area contributed by atoms with E-state index in [1.165, 1.54) is 6.07 Å². The Morgan fingerprint density at radius 3 is 2.78 bits per heavy atom. The minimum atomic E-state index is -1.01. The van der Waals surface area contributed by atoms with Crippen LogP contribution < -0.4 is 0 Å². The Balaban J connectivity index is 2.46. The van der Waals surface area contributed by atoms with Crippen molar-refractivity contribution >= 4 is 15.9 Å². The summed E-state index contributed by atoms with van der Waals surface area (Å²) < 4.78 is 14.9. The zero-order valence-electron chi connectivity index (χ0n) is 10.9. The van der Waals surface area contributed by atoms with E-state index in [-0.39, 0.29) is 11.7 Å². The van der Waals surface area contributed by atoms with Crippen LogP contribution in [0.4, 0.5) is 4.39 Å². The fraction of sp³-hybridized carbons (Fsp3) is 0.600. The third-order valence-corrected chi connectivity index (χ3v) is 4.63. The van der Waals surface area contributed by atoms with E-state index >= 15 is 0 Å². The van der Waals surface area contributed by atoms with Gasteiger partial charge in [0.05, 0.1) is 5.60 Å². The summed E-state index contributed by atoms with van der Waals surface area (Å²) in [5.74, 6) is 0.192. The number of rotatable bonds is 2. The van der Waals surface area contributed by atoms with Gasteiger partial charge in [0, 0.05) is 10.0 Å². The Bertz CT molecular complexity index is 433. The maximum absolute atomic E-state index is 14.1. The highest BCUT2D eigenvalue weighted by Crippen LogP contribution is 2.46. The van der Waals surface area contributed by atoms with Gasteiger partial charge in [-0.05, 0) is 42.9 Å².